The highest BCUT2D eigenvalue weighted by Crippen LogP contribution is 2.52. The van der Waals surface area contributed by atoms with E-state index in [-0.39, 0.29) is 10.8 Å². The number of benzene rings is 8. The van der Waals surface area contributed by atoms with Crippen LogP contribution < -0.4 is 9.80 Å². The number of nitrogens with zero attached hydrogens (tertiary/aromatic N) is 2. The van der Waals surface area contributed by atoms with Gasteiger partial charge in [0.2, 0.25) is 0 Å². The fraction of sp³-hybridized carbons (Fsp3) is 0.111. The van der Waals surface area contributed by atoms with Gasteiger partial charge in [0.15, 0.2) is 0 Å². The molecule has 0 radical (unpaired) electrons. The van der Waals surface area contributed by atoms with Gasteiger partial charge in [-0.1, -0.05) is 149 Å². The molecule has 2 aliphatic carbocycles. The number of anilines is 6. The predicted octanol–water partition coefficient (Wildman–Crippen LogP) is 14.9. The van der Waals surface area contributed by atoms with Gasteiger partial charge in [-0.25, -0.2) is 0 Å². The van der Waals surface area contributed by atoms with E-state index in [1.54, 1.807) is 0 Å². The Balaban J connectivity index is 1.02. The molecule has 56 heavy (non-hydrogen) atoms. The summed E-state index contributed by atoms with van der Waals surface area (Å²) in [6.45, 7) is 9.39. The number of hydrogen-bond acceptors (Lipinski definition) is 2. The van der Waals surface area contributed by atoms with Crippen molar-refractivity contribution in [2.24, 2.45) is 0 Å². The Morgan fingerprint density at radius 1 is 0.268 bits per heavy atom. The lowest BCUT2D eigenvalue weighted by atomic mass is 9.82. The van der Waals surface area contributed by atoms with Gasteiger partial charge in [0.05, 0.1) is 0 Å². The molecule has 8 aromatic carbocycles. The third-order valence-electron chi connectivity index (χ3n) is 12.2. The fourth-order valence-electron chi connectivity index (χ4n) is 9.34. The van der Waals surface area contributed by atoms with E-state index in [2.05, 4.69) is 232 Å². The molecule has 270 valence electrons. The molecule has 0 aliphatic heterocycles. The SMILES string of the molecule is CC1(C)c2ccccc2-c2ccc(N(c3ccccc3)c3ccc(-c4cccc(N(c5ccccc5)c5ccc6c(c5)C(C)(C)c5ccccc5-6)c4)cc3)cc21. The first-order valence-corrected chi connectivity index (χ1v) is 19.7. The van der Waals surface area contributed by atoms with Crippen molar-refractivity contribution in [1.82, 2.24) is 0 Å². The molecule has 0 aromatic heterocycles. The maximum absolute atomic E-state index is 2.40. The van der Waals surface area contributed by atoms with Crippen LogP contribution in [-0.4, -0.2) is 0 Å². The van der Waals surface area contributed by atoms with Crippen LogP contribution in [0.5, 0.6) is 0 Å². The molecular weight excluding hydrogens is 677 g/mol. The summed E-state index contributed by atoms with van der Waals surface area (Å²) < 4.78 is 0. The first kappa shape index (κ1) is 33.9. The van der Waals surface area contributed by atoms with Crippen molar-refractivity contribution in [2.45, 2.75) is 38.5 Å². The van der Waals surface area contributed by atoms with Crippen LogP contribution >= 0.6 is 0 Å². The second-order valence-electron chi connectivity index (χ2n) is 16.2. The summed E-state index contributed by atoms with van der Waals surface area (Å²) in [5.41, 5.74) is 19.9. The maximum Gasteiger partial charge on any atom is 0.0467 e. The second kappa shape index (κ2) is 13.0. The average molecular weight is 721 g/mol. The molecule has 10 rings (SSSR count). The molecule has 0 N–H and O–H groups in total. The van der Waals surface area contributed by atoms with Gasteiger partial charge in [-0.2, -0.15) is 0 Å². The molecular formula is C54H44N2. The minimum absolute atomic E-state index is 0.0756. The average Bonchev–Trinajstić information content (AvgIpc) is 3.61. The molecule has 0 unspecified atom stereocenters. The van der Waals surface area contributed by atoms with Gasteiger partial charge in [-0.05, 0) is 128 Å². The molecule has 0 saturated heterocycles. The van der Waals surface area contributed by atoms with Gasteiger partial charge >= 0.3 is 0 Å². The van der Waals surface area contributed by atoms with Crippen molar-refractivity contribution in [1.29, 1.82) is 0 Å². The lowest BCUT2D eigenvalue weighted by Crippen LogP contribution is -2.16. The Labute approximate surface area is 331 Å². The summed E-state index contributed by atoms with van der Waals surface area (Å²) in [4.78, 5) is 4.77. The summed E-state index contributed by atoms with van der Waals surface area (Å²) in [5, 5.41) is 0. The lowest BCUT2D eigenvalue weighted by molar-refractivity contribution is 0.660. The van der Waals surface area contributed by atoms with Crippen LogP contribution in [-0.2, 0) is 10.8 Å². The van der Waals surface area contributed by atoms with Crippen LogP contribution in [0.15, 0.2) is 194 Å². The van der Waals surface area contributed by atoms with E-state index in [0.717, 1.165) is 34.1 Å². The normalized spacial score (nSPS) is 14.0. The van der Waals surface area contributed by atoms with Crippen molar-refractivity contribution in [3.05, 3.63) is 216 Å². The highest BCUT2D eigenvalue weighted by Gasteiger charge is 2.37. The van der Waals surface area contributed by atoms with E-state index < -0.39 is 0 Å². The van der Waals surface area contributed by atoms with E-state index in [1.165, 1.54) is 55.6 Å². The molecule has 0 spiro atoms. The van der Waals surface area contributed by atoms with Gasteiger partial charge in [0, 0.05) is 45.0 Å². The molecule has 8 aromatic rings. The third-order valence-corrected chi connectivity index (χ3v) is 12.2. The van der Waals surface area contributed by atoms with Crippen LogP contribution in [0.3, 0.4) is 0 Å². The standard InChI is InChI=1S/C54H44N2/c1-53(2)49-24-13-11-22-45(49)47-32-30-43(35-51(47)53)55(39-17-7-5-8-18-39)41-28-26-37(27-29-41)38-16-15-21-42(34-38)56(40-19-9-6-10-20-40)44-31-33-48-46-23-12-14-25-50(46)54(3,4)52(48)36-44/h5-36H,1-4H3. The minimum atomic E-state index is -0.0808. The number of hydrogen-bond donors (Lipinski definition) is 0. The Morgan fingerprint density at radius 2 is 0.643 bits per heavy atom. The molecule has 2 aliphatic rings. The monoisotopic (exact) mass is 720 g/mol. The van der Waals surface area contributed by atoms with Crippen molar-refractivity contribution in [3.8, 4) is 33.4 Å². The Bertz CT molecular complexity index is 2740. The van der Waals surface area contributed by atoms with Gasteiger partial charge in [0.1, 0.15) is 0 Å². The molecule has 0 bridgehead atoms. The number of para-hydroxylation sites is 2. The molecule has 2 nitrogen and oxygen atoms in total. The molecule has 0 heterocycles. The zero-order chi connectivity index (χ0) is 38.0. The van der Waals surface area contributed by atoms with Crippen LogP contribution in [0.25, 0.3) is 33.4 Å². The zero-order valence-corrected chi connectivity index (χ0v) is 32.4. The Kier molecular flexibility index (Phi) is 7.87. The summed E-state index contributed by atoms with van der Waals surface area (Å²) in [7, 11) is 0. The summed E-state index contributed by atoms with van der Waals surface area (Å²) in [6.07, 6.45) is 0. The van der Waals surface area contributed by atoms with E-state index >= 15 is 0 Å². The van der Waals surface area contributed by atoms with Crippen molar-refractivity contribution in [2.75, 3.05) is 9.80 Å². The molecule has 0 fully saturated rings. The topological polar surface area (TPSA) is 6.48 Å². The van der Waals surface area contributed by atoms with Gasteiger partial charge in [-0.3, -0.25) is 0 Å². The highest BCUT2D eigenvalue weighted by molar-refractivity contribution is 5.88. The Morgan fingerprint density at radius 3 is 1.16 bits per heavy atom. The van der Waals surface area contributed by atoms with E-state index in [1.807, 2.05) is 0 Å². The van der Waals surface area contributed by atoms with E-state index in [4.69, 9.17) is 0 Å². The molecule has 0 amide bonds. The largest absolute Gasteiger partial charge is 0.310 e. The van der Waals surface area contributed by atoms with Crippen LogP contribution in [0.2, 0.25) is 0 Å². The number of fused-ring (bicyclic) bond motifs is 6. The third kappa shape index (κ3) is 5.39. The minimum Gasteiger partial charge on any atom is -0.310 e. The van der Waals surface area contributed by atoms with Crippen LogP contribution in [0, 0.1) is 0 Å². The summed E-state index contributed by atoms with van der Waals surface area (Å²) in [5.74, 6) is 0. The smallest absolute Gasteiger partial charge is 0.0467 e. The van der Waals surface area contributed by atoms with E-state index in [0.29, 0.717) is 0 Å². The molecule has 0 saturated carbocycles. The first-order chi connectivity index (χ1) is 27.3. The molecule has 2 heteroatoms. The zero-order valence-electron chi connectivity index (χ0n) is 32.4. The highest BCUT2D eigenvalue weighted by atomic mass is 15.1. The first-order valence-electron chi connectivity index (χ1n) is 19.7. The lowest BCUT2D eigenvalue weighted by Gasteiger charge is -2.29. The molecule has 0 atom stereocenters. The van der Waals surface area contributed by atoms with Crippen molar-refractivity contribution < 1.29 is 0 Å². The quantitative estimate of drug-likeness (QED) is 0.162. The maximum atomic E-state index is 2.40. The van der Waals surface area contributed by atoms with Gasteiger partial charge in [0.25, 0.3) is 0 Å². The van der Waals surface area contributed by atoms with E-state index in [9.17, 15) is 0 Å². The van der Waals surface area contributed by atoms with Gasteiger partial charge < -0.3 is 9.80 Å². The second-order valence-corrected chi connectivity index (χ2v) is 16.2. The fourth-order valence-corrected chi connectivity index (χ4v) is 9.34. The Hall–Kier alpha value is -6.64. The van der Waals surface area contributed by atoms with Crippen molar-refractivity contribution >= 4 is 34.1 Å². The van der Waals surface area contributed by atoms with Crippen LogP contribution in [0.4, 0.5) is 34.1 Å². The number of rotatable bonds is 7. The summed E-state index contributed by atoms with van der Waals surface area (Å²) in [6, 6.07) is 71.1. The predicted molar refractivity (Wildman–Crippen MR) is 236 cm³/mol. The van der Waals surface area contributed by atoms with Crippen LogP contribution in [0.1, 0.15) is 49.9 Å². The summed E-state index contributed by atoms with van der Waals surface area (Å²) >= 11 is 0. The van der Waals surface area contributed by atoms with Crippen molar-refractivity contribution in [3.63, 3.8) is 0 Å². The van der Waals surface area contributed by atoms with Gasteiger partial charge in [-0.15, -0.1) is 0 Å².